The van der Waals surface area contributed by atoms with Crippen molar-refractivity contribution in [3.05, 3.63) is 79.7 Å². The van der Waals surface area contributed by atoms with Gasteiger partial charge in [0.15, 0.2) is 17.2 Å². The molecule has 0 heterocycles. The van der Waals surface area contributed by atoms with Gasteiger partial charge in [-0.3, -0.25) is 4.79 Å². The highest BCUT2D eigenvalue weighted by atomic mass is 79.9. The molecule has 0 aliphatic carbocycles. The summed E-state index contributed by atoms with van der Waals surface area (Å²) in [7, 11) is -4.09. The number of rotatable bonds is 11. The van der Waals surface area contributed by atoms with Crippen LogP contribution in [-0.2, 0) is 10.1 Å². The van der Waals surface area contributed by atoms with Gasteiger partial charge in [0.25, 0.3) is 5.91 Å². The van der Waals surface area contributed by atoms with E-state index in [4.69, 9.17) is 25.3 Å². The van der Waals surface area contributed by atoms with Crippen LogP contribution in [0.5, 0.6) is 17.2 Å². The Balaban J connectivity index is 1.71. The van der Waals surface area contributed by atoms with Gasteiger partial charge in [-0.2, -0.15) is 13.5 Å². The van der Waals surface area contributed by atoms with Crippen LogP contribution in [0.2, 0.25) is 5.02 Å². The van der Waals surface area contributed by atoms with Gasteiger partial charge in [-0.1, -0.05) is 18.5 Å². The Labute approximate surface area is 237 Å². The second-order valence-corrected chi connectivity index (χ2v) is 11.1. The first kappa shape index (κ1) is 29.0. The fourth-order valence-electron chi connectivity index (χ4n) is 2.97. The molecule has 0 aromatic heterocycles. The zero-order valence-corrected chi connectivity index (χ0v) is 24.6. The highest BCUT2D eigenvalue weighted by molar-refractivity contribution is 9.11. The summed E-state index contributed by atoms with van der Waals surface area (Å²) in [5.41, 5.74) is 3.38. The third-order valence-electron chi connectivity index (χ3n) is 4.66. The predicted octanol–water partition coefficient (Wildman–Crippen LogP) is 6.58. The summed E-state index contributed by atoms with van der Waals surface area (Å²) in [6.07, 6.45) is 2.26. The topological polar surface area (TPSA) is 103 Å². The van der Waals surface area contributed by atoms with Gasteiger partial charge in [-0.15, -0.1) is 0 Å². The lowest BCUT2D eigenvalue weighted by Crippen LogP contribution is -2.17. The van der Waals surface area contributed by atoms with Gasteiger partial charge in [0, 0.05) is 10.6 Å². The molecule has 0 fully saturated rings. The quantitative estimate of drug-likeness (QED) is 0.140. The highest BCUT2D eigenvalue weighted by Gasteiger charge is 2.20. The molecule has 0 radical (unpaired) electrons. The predicted molar refractivity (Wildman–Crippen MR) is 150 cm³/mol. The van der Waals surface area contributed by atoms with E-state index in [9.17, 15) is 13.2 Å². The van der Waals surface area contributed by atoms with Gasteiger partial charge in [0.05, 0.1) is 28.4 Å². The molecule has 0 atom stereocenters. The van der Waals surface area contributed by atoms with Crippen molar-refractivity contribution in [2.24, 2.45) is 5.10 Å². The smallest absolute Gasteiger partial charge is 0.339 e. The van der Waals surface area contributed by atoms with E-state index in [0.29, 0.717) is 49.8 Å². The summed E-state index contributed by atoms with van der Waals surface area (Å²) in [4.78, 5) is 12.5. The van der Waals surface area contributed by atoms with Crippen LogP contribution in [0.25, 0.3) is 0 Å². The lowest BCUT2D eigenvalue weighted by molar-refractivity contribution is 0.0954. The van der Waals surface area contributed by atoms with Crippen LogP contribution < -0.4 is 19.1 Å². The summed E-state index contributed by atoms with van der Waals surface area (Å²) in [5, 5.41) is 4.41. The van der Waals surface area contributed by atoms with Crippen molar-refractivity contribution in [2.45, 2.75) is 25.2 Å². The maximum absolute atomic E-state index is 12.6. The lowest BCUT2D eigenvalue weighted by Gasteiger charge is -2.12. The number of amides is 1. The summed E-state index contributed by atoms with van der Waals surface area (Å²) in [5.74, 6) is 0.666. The van der Waals surface area contributed by atoms with Gasteiger partial charge < -0.3 is 13.7 Å². The Kier molecular flexibility index (Phi) is 10.4. The van der Waals surface area contributed by atoms with Crippen molar-refractivity contribution in [1.29, 1.82) is 0 Å². The van der Waals surface area contributed by atoms with Gasteiger partial charge >= 0.3 is 10.1 Å². The van der Waals surface area contributed by atoms with E-state index < -0.39 is 16.0 Å². The number of benzene rings is 3. The molecule has 0 aliphatic rings. The molecule has 3 aromatic carbocycles. The number of hydrogen-bond acceptors (Lipinski definition) is 7. The van der Waals surface area contributed by atoms with E-state index in [1.54, 1.807) is 30.3 Å². The van der Waals surface area contributed by atoms with Gasteiger partial charge in [0.1, 0.15) is 4.90 Å². The molecule has 0 aliphatic heterocycles. The first-order valence-electron chi connectivity index (χ1n) is 11.1. The normalized spacial score (nSPS) is 11.4. The SMILES string of the molecule is CCCOc1ccc(C(=O)N/N=C/c2cc(Br)c(OS(=O)(=O)c3ccc(Cl)cc3)c(Br)c2)cc1OCC. The van der Waals surface area contributed by atoms with Crippen LogP contribution in [0.1, 0.15) is 36.2 Å². The number of nitrogens with zero attached hydrogens (tertiary/aromatic N) is 1. The first-order chi connectivity index (χ1) is 17.6. The fraction of sp³-hybridized carbons (Fsp3) is 0.200. The molecular weight excluding hydrogens is 652 g/mol. The summed E-state index contributed by atoms with van der Waals surface area (Å²) in [6.45, 7) is 4.82. The van der Waals surface area contributed by atoms with Crippen LogP contribution in [-0.4, -0.2) is 33.8 Å². The molecule has 37 heavy (non-hydrogen) atoms. The van der Waals surface area contributed by atoms with Crippen molar-refractivity contribution in [1.82, 2.24) is 5.43 Å². The number of ether oxygens (including phenoxy) is 2. The maximum Gasteiger partial charge on any atom is 0.339 e. The summed E-state index contributed by atoms with van der Waals surface area (Å²) < 4.78 is 42.5. The lowest BCUT2D eigenvalue weighted by atomic mass is 10.2. The first-order valence-corrected chi connectivity index (χ1v) is 14.4. The molecule has 3 rings (SSSR count). The molecule has 8 nitrogen and oxygen atoms in total. The van der Waals surface area contributed by atoms with Crippen LogP contribution in [0.4, 0.5) is 0 Å². The van der Waals surface area contributed by atoms with E-state index in [1.165, 1.54) is 30.5 Å². The third kappa shape index (κ3) is 7.94. The average Bonchev–Trinajstić information content (AvgIpc) is 2.86. The molecule has 1 amide bonds. The molecule has 196 valence electrons. The van der Waals surface area contributed by atoms with Crippen molar-refractivity contribution in [2.75, 3.05) is 13.2 Å². The molecule has 3 aromatic rings. The molecule has 0 unspecified atom stereocenters. The number of nitrogens with one attached hydrogen (secondary N) is 1. The van der Waals surface area contributed by atoms with Gasteiger partial charge in [0.2, 0.25) is 0 Å². The maximum atomic E-state index is 12.6. The van der Waals surface area contributed by atoms with E-state index in [0.717, 1.165) is 6.42 Å². The number of carbonyl (C=O) groups excluding carboxylic acids is 1. The third-order valence-corrected chi connectivity index (χ3v) is 7.33. The fourth-order valence-corrected chi connectivity index (χ4v) is 5.66. The Morgan fingerprint density at radius 2 is 1.68 bits per heavy atom. The van der Waals surface area contributed by atoms with Crippen LogP contribution >= 0.6 is 43.5 Å². The average molecular weight is 675 g/mol. The molecule has 1 N–H and O–H groups in total. The van der Waals surface area contributed by atoms with Crippen molar-refractivity contribution < 1.29 is 26.9 Å². The van der Waals surface area contributed by atoms with Crippen molar-refractivity contribution in [3.8, 4) is 17.2 Å². The number of hydrogen-bond donors (Lipinski definition) is 1. The highest BCUT2D eigenvalue weighted by Crippen LogP contribution is 2.36. The molecule has 0 spiro atoms. The minimum Gasteiger partial charge on any atom is -0.490 e. The second-order valence-electron chi connectivity index (χ2n) is 7.45. The monoisotopic (exact) mass is 672 g/mol. The van der Waals surface area contributed by atoms with E-state index in [2.05, 4.69) is 42.4 Å². The minimum atomic E-state index is -4.09. The molecular formula is C25H23Br2ClN2O6S. The van der Waals surface area contributed by atoms with Crippen LogP contribution in [0, 0.1) is 0 Å². The molecule has 0 saturated carbocycles. The van der Waals surface area contributed by atoms with Gasteiger partial charge in [-0.05, 0) is 105 Å². The van der Waals surface area contributed by atoms with Crippen molar-refractivity contribution in [3.63, 3.8) is 0 Å². The standard InChI is InChI=1S/C25H23Br2ClN2O6S/c1-3-11-35-22-10-5-17(14-23(22)34-4-2)25(31)30-29-15-16-12-20(26)24(21(27)13-16)36-37(32,33)19-8-6-18(28)7-9-19/h5-10,12-15H,3-4,11H2,1-2H3,(H,30,31)/b29-15+. The van der Waals surface area contributed by atoms with E-state index >= 15 is 0 Å². The largest absolute Gasteiger partial charge is 0.490 e. The van der Waals surface area contributed by atoms with Gasteiger partial charge in [-0.25, -0.2) is 5.43 Å². The number of halogens is 3. The van der Waals surface area contributed by atoms with E-state index in [-0.39, 0.29) is 10.6 Å². The Hall–Kier alpha value is -2.60. The molecule has 0 saturated heterocycles. The van der Waals surface area contributed by atoms with Crippen LogP contribution in [0.15, 0.2) is 73.5 Å². The minimum absolute atomic E-state index is 0.0403. The zero-order valence-electron chi connectivity index (χ0n) is 19.8. The molecule has 12 heteroatoms. The summed E-state index contributed by atoms with van der Waals surface area (Å²) in [6, 6.07) is 13.7. The van der Waals surface area contributed by atoms with E-state index in [1.807, 2.05) is 13.8 Å². The Bertz CT molecular complexity index is 1380. The Morgan fingerprint density at radius 1 is 1.00 bits per heavy atom. The second kappa shape index (κ2) is 13.3. The number of carbonyl (C=O) groups is 1. The van der Waals surface area contributed by atoms with Crippen LogP contribution in [0.3, 0.4) is 0 Å². The van der Waals surface area contributed by atoms with Crippen molar-refractivity contribution >= 4 is 65.7 Å². The molecule has 0 bridgehead atoms. The Morgan fingerprint density at radius 3 is 2.30 bits per heavy atom. The number of hydrazone groups is 1. The summed E-state index contributed by atoms with van der Waals surface area (Å²) >= 11 is 12.5. The zero-order chi connectivity index (χ0) is 27.0.